The Labute approximate surface area is 259 Å². The quantitative estimate of drug-likeness (QED) is 0.270. The molecule has 46 heavy (non-hydrogen) atoms. The van der Waals surface area contributed by atoms with Crippen LogP contribution in [0.3, 0.4) is 0 Å². The number of aliphatic carboxylic acids is 1. The third kappa shape index (κ3) is 8.19. The molecular weight excluding hydrogens is 635 g/mol. The second-order valence-corrected chi connectivity index (χ2v) is 11.9. The first kappa shape index (κ1) is 35.2. The molecule has 0 spiro atoms. The number of rotatable bonds is 9. The Morgan fingerprint density at radius 2 is 1.41 bits per heavy atom. The van der Waals surface area contributed by atoms with Gasteiger partial charge in [-0.3, -0.25) is 9.69 Å². The summed E-state index contributed by atoms with van der Waals surface area (Å²) in [6, 6.07) is 2.81. The van der Waals surface area contributed by atoms with Crippen molar-refractivity contribution in [3.8, 4) is 0 Å². The standard InChI is InChI=1S/C31H33F9N2O4/c1-3-41(15-19-6-4-18(5-7-19)10-26(43)44)25-9-8-22(29(32,33)34)13-21(25)16-42-17(2)27(46-28(42)45)20-11-23(30(35,36)37)14-24(12-20)31(38,39)40/h8-9,11-14,17-19,27H,3-7,10,15-16H2,1-2H3,(H,43,44)/t17-,18?,19?,27-/m0/s1. The van der Waals surface area contributed by atoms with Gasteiger partial charge in [0.2, 0.25) is 0 Å². The smallest absolute Gasteiger partial charge is 0.416 e. The predicted molar refractivity (Wildman–Crippen MR) is 148 cm³/mol. The molecule has 1 aliphatic carbocycles. The average molecular weight is 669 g/mol. The van der Waals surface area contributed by atoms with Gasteiger partial charge < -0.3 is 14.7 Å². The van der Waals surface area contributed by atoms with Gasteiger partial charge in [-0.25, -0.2) is 4.79 Å². The molecule has 254 valence electrons. The highest BCUT2D eigenvalue weighted by Gasteiger charge is 2.44. The molecule has 2 aliphatic rings. The number of carboxylic acid groups (broad SMARTS) is 1. The number of alkyl halides is 9. The van der Waals surface area contributed by atoms with E-state index in [9.17, 15) is 49.1 Å². The van der Waals surface area contributed by atoms with E-state index in [2.05, 4.69) is 0 Å². The normalized spacial score (nSPS) is 22.6. The third-order valence-electron chi connectivity index (χ3n) is 8.71. The number of carboxylic acids is 1. The molecule has 2 aromatic rings. The van der Waals surface area contributed by atoms with Gasteiger partial charge in [-0.05, 0) is 98.9 Å². The van der Waals surface area contributed by atoms with Gasteiger partial charge in [0.1, 0.15) is 6.10 Å². The van der Waals surface area contributed by atoms with Crippen LogP contribution in [0.4, 0.5) is 50.0 Å². The van der Waals surface area contributed by atoms with Gasteiger partial charge in [0.15, 0.2) is 0 Å². The molecule has 1 N–H and O–H groups in total. The summed E-state index contributed by atoms with van der Waals surface area (Å²) in [6.45, 7) is 3.50. The van der Waals surface area contributed by atoms with Crippen molar-refractivity contribution in [2.24, 2.45) is 11.8 Å². The highest BCUT2D eigenvalue weighted by atomic mass is 19.4. The fourth-order valence-corrected chi connectivity index (χ4v) is 6.26. The molecule has 15 heteroatoms. The zero-order valence-corrected chi connectivity index (χ0v) is 24.9. The van der Waals surface area contributed by atoms with E-state index in [0.29, 0.717) is 43.8 Å². The Hall–Kier alpha value is -3.65. The van der Waals surface area contributed by atoms with Crippen molar-refractivity contribution in [2.45, 2.75) is 83.2 Å². The van der Waals surface area contributed by atoms with E-state index >= 15 is 0 Å². The monoisotopic (exact) mass is 668 g/mol. The fraction of sp³-hybridized carbons (Fsp3) is 0.548. The number of amides is 1. The summed E-state index contributed by atoms with van der Waals surface area (Å²) in [5.41, 5.74) is -4.28. The summed E-state index contributed by atoms with van der Waals surface area (Å²) in [4.78, 5) is 26.9. The predicted octanol–water partition coefficient (Wildman–Crippen LogP) is 8.93. The molecule has 2 atom stereocenters. The van der Waals surface area contributed by atoms with E-state index in [1.165, 1.54) is 13.0 Å². The molecule has 2 fully saturated rings. The van der Waals surface area contributed by atoms with Crippen LogP contribution < -0.4 is 4.90 Å². The van der Waals surface area contributed by atoms with Crippen molar-refractivity contribution in [2.75, 3.05) is 18.0 Å². The van der Waals surface area contributed by atoms with E-state index < -0.39 is 71.5 Å². The number of carbonyl (C=O) groups excluding carboxylic acids is 1. The minimum Gasteiger partial charge on any atom is -0.481 e. The van der Waals surface area contributed by atoms with E-state index in [-0.39, 0.29) is 29.9 Å². The number of carbonyl (C=O) groups is 2. The van der Waals surface area contributed by atoms with Crippen molar-refractivity contribution in [1.29, 1.82) is 0 Å². The zero-order chi connectivity index (χ0) is 34.2. The van der Waals surface area contributed by atoms with Crippen LogP contribution in [0.5, 0.6) is 0 Å². The maximum absolute atomic E-state index is 13.8. The van der Waals surface area contributed by atoms with Gasteiger partial charge in [0.05, 0.1) is 29.3 Å². The first-order chi connectivity index (χ1) is 21.3. The van der Waals surface area contributed by atoms with Crippen LogP contribution in [0.15, 0.2) is 36.4 Å². The molecule has 2 aromatic carbocycles. The first-order valence-corrected chi connectivity index (χ1v) is 14.7. The number of cyclic esters (lactones) is 1. The Balaban J connectivity index is 1.63. The number of nitrogens with zero attached hydrogens (tertiary/aromatic N) is 2. The van der Waals surface area contributed by atoms with E-state index in [1.807, 2.05) is 4.90 Å². The molecule has 0 bridgehead atoms. The molecular formula is C31H33F9N2O4. The van der Waals surface area contributed by atoms with Crippen LogP contribution in [-0.2, 0) is 34.6 Å². The zero-order valence-electron chi connectivity index (χ0n) is 24.9. The third-order valence-corrected chi connectivity index (χ3v) is 8.71. The van der Waals surface area contributed by atoms with Gasteiger partial charge in [0.25, 0.3) is 0 Å². The summed E-state index contributed by atoms with van der Waals surface area (Å²) >= 11 is 0. The average Bonchev–Trinajstić information content (AvgIpc) is 3.23. The number of hydrogen-bond donors (Lipinski definition) is 1. The van der Waals surface area contributed by atoms with Crippen molar-refractivity contribution in [3.05, 3.63) is 64.2 Å². The molecule has 1 amide bonds. The number of ether oxygens (including phenoxy) is 1. The molecule has 6 nitrogen and oxygen atoms in total. The highest BCUT2D eigenvalue weighted by Crippen LogP contribution is 2.42. The molecule has 1 heterocycles. The van der Waals surface area contributed by atoms with E-state index in [0.717, 1.165) is 29.9 Å². The topological polar surface area (TPSA) is 70.1 Å². The highest BCUT2D eigenvalue weighted by molar-refractivity contribution is 5.72. The van der Waals surface area contributed by atoms with Crippen LogP contribution in [-0.4, -0.2) is 41.2 Å². The SMILES string of the molecule is CCN(CC1CCC(CC(=O)O)CC1)c1ccc(C(F)(F)F)cc1CN1C(=O)O[C@H](c2cc(C(F)(F)F)cc(C(F)(F)F)c2)[C@@H]1C. The van der Waals surface area contributed by atoms with Crippen molar-refractivity contribution >= 4 is 17.7 Å². The lowest BCUT2D eigenvalue weighted by molar-refractivity contribution is -0.143. The molecule has 0 aromatic heterocycles. The lowest BCUT2D eigenvalue weighted by Crippen LogP contribution is -2.35. The lowest BCUT2D eigenvalue weighted by Gasteiger charge is -2.34. The Bertz CT molecular complexity index is 1380. The summed E-state index contributed by atoms with van der Waals surface area (Å²) in [6.07, 6.45) is -14.8. The van der Waals surface area contributed by atoms with Crippen molar-refractivity contribution in [3.63, 3.8) is 0 Å². The summed E-state index contributed by atoms with van der Waals surface area (Å²) < 4.78 is 127. The molecule has 1 saturated heterocycles. The van der Waals surface area contributed by atoms with Gasteiger partial charge >= 0.3 is 30.6 Å². The van der Waals surface area contributed by atoms with Crippen LogP contribution >= 0.6 is 0 Å². The van der Waals surface area contributed by atoms with Crippen LogP contribution in [0.1, 0.15) is 79.9 Å². The number of hydrogen-bond acceptors (Lipinski definition) is 4. The summed E-state index contributed by atoms with van der Waals surface area (Å²) in [5, 5.41) is 9.08. The number of halogens is 9. The first-order valence-electron chi connectivity index (χ1n) is 14.7. The van der Waals surface area contributed by atoms with Crippen LogP contribution in [0.2, 0.25) is 0 Å². The summed E-state index contributed by atoms with van der Waals surface area (Å²) in [5.74, 6) is -0.701. The van der Waals surface area contributed by atoms with Crippen LogP contribution in [0, 0.1) is 11.8 Å². The second kappa shape index (κ2) is 13.2. The van der Waals surface area contributed by atoms with Gasteiger partial charge in [-0.1, -0.05) is 0 Å². The fourth-order valence-electron chi connectivity index (χ4n) is 6.26. The molecule has 0 radical (unpaired) electrons. The number of anilines is 1. The van der Waals surface area contributed by atoms with E-state index in [4.69, 9.17) is 9.84 Å². The lowest BCUT2D eigenvalue weighted by atomic mass is 9.80. The maximum Gasteiger partial charge on any atom is 0.416 e. The molecule has 4 rings (SSSR count). The Morgan fingerprint density at radius 1 is 0.870 bits per heavy atom. The minimum absolute atomic E-state index is 0.0461. The van der Waals surface area contributed by atoms with E-state index in [1.54, 1.807) is 6.92 Å². The van der Waals surface area contributed by atoms with Crippen LogP contribution in [0.25, 0.3) is 0 Å². The Kier molecular flexibility index (Phi) is 10.1. The minimum atomic E-state index is -5.13. The largest absolute Gasteiger partial charge is 0.481 e. The van der Waals surface area contributed by atoms with Gasteiger partial charge in [-0.2, -0.15) is 39.5 Å². The van der Waals surface area contributed by atoms with Crippen molar-refractivity contribution < 1.29 is 58.9 Å². The number of benzene rings is 2. The van der Waals surface area contributed by atoms with Crippen molar-refractivity contribution in [1.82, 2.24) is 4.90 Å². The van der Waals surface area contributed by atoms with Gasteiger partial charge in [-0.15, -0.1) is 0 Å². The summed E-state index contributed by atoms with van der Waals surface area (Å²) in [7, 11) is 0. The van der Waals surface area contributed by atoms with Gasteiger partial charge in [0, 0.05) is 25.2 Å². The molecule has 1 saturated carbocycles. The second-order valence-electron chi connectivity index (χ2n) is 11.9. The molecule has 1 aliphatic heterocycles. The maximum atomic E-state index is 13.8. The molecule has 0 unspecified atom stereocenters. The Morgan fingerprint density at radius 3 is 1.91 bits per heavy atom.